The van der Waals surface area contributed by atoms with Crippen molar-refractivity contribution >= 4 is 45.0 Å². The van der Waals surface area contributed by atoms with Crippen molar-refractivity contribution in [3.8, 4) is 0 Å². The molecule has 0 aliphatic heterocycles. The number of rotatable bonds is 9. The van der Waals surface area contributed by atoms with Gasteiger partial charge in [0.25, 0.3) is 5.69 Å². The van der Waals surface area contributed by atoms with Gasteiger partial charge in [-0.05, 0) is 35.9 Å². The van der Waals surface area contributed by atoms with Crippen molar-refractivity contribution in [2.75, 3.05) is 11.9 Å². The van der Waals surface area contributed by atoms with E-state index >= 15 is 0 Å². The number of nitrogens with zero attached hydrogens (tertiary/aromatic N) is 2. The minimum absolute atomic E-state index is 0.0823. The zero-order valence-electron chi connectivity index (χ0n) is 16.5. The van der Waals surface area contributed by atoms with E-state index in [-0.39, 0.29) is 22.9 Å². The molecule has 32 heavy (non-hydrogen) atoms. The van der Waals surface area contributed by atoms with E-state index in [0.717, 1.165) is 15.8 Å². The van der Waals surface area contributed by atoms with Crippen molar-refractivity contribution in [2.45, 2.75) is 6.54 Å². The molecule has 0 saturated carbocycles. The predicted molar refractivity (Wildman–Crippen MR) is 120 cm³/mol. The highest BCUT2D eigenvalue weighted by molar-refractivity contribution is 7.92. The van der Waals surface area contributed by atoms with Gasteiger partial charge in [-0.1, -0.05) is 41.9 Å². The Balaban J connectivity index is 1.79. The normalized spacial score (nSPS) is 11.7. The van der Waals surface area contributed by atoms with Crippen LogP contribution in [0.2, 0.25) is 5.02 Å². The molecule has 0 spiro atoms. The lowest BCUT2D eigenvalue weighted by Crippen LogP contribution is -2.36. The number of nitro benzene ring substituents is 1. The van der Waals surface area contributed by atoms with Crippen LogP contribution in [0.4, 0.5) is 11.4 Å². The molecular formula is C21H18ClN3O6S. The van der Waals surface area contributed by atoms with Crippen molar-refractivity contribution in [3.63, 3.8) is 0 Å². The van der Waals surface area contributed by atoms with E-state index in [4.69, 9.17) is 16.0 Å². The maximum absolute atomic E-state index is 12.9. The molecule has 1 heterocycles. The summed E-state index contributed by atoms with van der Waals surface area (Å²) in [6.07, 6.45) is 2.82. The van der Waals surface area contributed by atoms with Gasteiger partial charge >= 0.3 is 0 Å². The number of amides is 1. The van der Waals surface area contributed by atoms with E-state index in [0.29, 0.717) is 11.3 Å². The average molecular weight is 476 g/mol. The van der Waals surface area contributed by atoms with Gasteiger partial charge in [0.2, 0.25) is 15.9 Å². The fourth-order valence-corrected chi connectivity index (χ4v) is 4.01. The second-order valence-corrected chi connectivity index (χ2v) is 8.80. The van der Waals surface area contributed by atoms with Crippen molar-refractivity contribution in [2.24, 2.45) is 0 Å². The largest absolute Gasteiger partial charge is 0.468 e. The van der Waals surface area contributed by atoms with Crippen LogP contribution in [0, 0.1) is 10.1 Å². The molecule has 166 valence electrons. The van der Waals surface area contributed by atoms with Gasteiger partial charge in [0.15, 0.2) is 0 Å². The molecule has 0 radical (unpaired) electrons. The smallest absolute Gasteiger partial charge is 0.289 e. The van der Waals surface area contributed by atoms with E-state index in [9.17, 15) is 23.3 Å². The second-order valence-electron chi connectivity index (χ2n) is 6.58. The van der Waals surface area contributed by atoms with Crippen LogP contribution in [0.25, 0.3) is 6.08 Å². The molecule has 0 bridgehead atoms. The summed E-state index contributed by atoms with van der Waals surface area (Å²) in [7, 11) is -4.01. The number of sulfonamides is 1. The van der Waals surface area contributed by atoms with Crippen LogP contribution in [-0.2, 0) is 21.4 Å². The van der Waals surface area contributed by atoms with Crippen molar-refractivity contribution in [1.29, 1.82) is 0 Å². The third-order valence-electron chi connectivity index (χ3n) is 4.25. The van der Waals surface area contributed by atoms with Crippen molar-refractivity contribution < 1.29 is 22.6 Å². The van der Waals surface area contributed by atoms with E-state index in [2.05, 4.69) is 5.32 Å². The quantitative estimate of drug-likeness (QED) is 0.364. The SMILES string of the molecule is O=C(CN(Cc1ccco1)S(=O)(=O)/C=C/c1ccccc1)Nc1ccc(Cl)c([N+](=O)[O-])c1. The molecule has 0 aliphatic rings. The highest BCUT2D eigenvalue weighted by atomic mass is 35.5. The molecule has 3 rings (SSSR count). The second kappa shape index (κ2) is 10.2. The van der Waals surface area contributed by atoms with Gasteiger partial charge in [0.05, 0.1) is 24.3 Å². The standard InChI is InChI=1S/C21H18ClN3O6S/c22-19-9-8-17(13-20(19)25(27)28)23-21(26)15-24(14-18-7-4-11-31-18)32(29,30)12-10-16-5-2-1-3-6-16/h1-13H,14-15H2,(H,23,26)/b12-10+. The summed E-state index contributed by atoms with van der Waals surface area (Å²) in [6, 6.07) is 15.8. The monoisotopic (exact) mass is 475 g/mol. The third kappa shape index (κ3) is 6.27. The van der Waals surface area contributed by atoms with E-state index in [1.165, 1.54) is 24.5 Å². The number of furan rings is 1. The number of carbonyl (C=O) groups is 1. The van der Waals surface area contributed by atoms with Crippen LogP contribution in [0.15, 0.2) is 76.8 Å². The first kappa shape index (κ1) is 23.2. The van der Waals surface area contributed by atoms with E-state index in [1.54, 1.807) is 42.5 Å². The molecule has 3 aromatic rings. The first-order valence-corrected chi connectivity index (χ1v) is 11.1. The molecule has 1 N–H and O–H groups in total. The summed E-state index contributed by atoms with van der Waals surface area (Å²) in [5.41, 5.74) is 0.406. The zero-order valence-corrected chi connectivity index (χ0v) is 18.1. The summed E-state index contributed by atoms with van der Waals surface area (Å²) in [5.74, 6) is -0.346. The predicted octanol–water partition coefficient (Wildman–Crippen LogP) is 4.28. The first-order valence-electron chi connectivity index (χ1n) is 9.24. The molecule has 1 amide bonds. The first-order chi connectivity index (χ1) is 15.2. The molecule has 11 heteroatoms. The molecular weight excluding hydrogens is 458 g/mol. The van der Waals surface area contributed by atoms with Gasteiger partial charge in [-0.25, -0.2) is 8.42 Å². The van der Waals surface area contributed by atoms with Crippen molar-refractivity contribution in [3.05, 3.63) is 98.8 Å². The van der Waals surface area contributed by atoms with Crippen LogP contribution in [0.1, 0.15) is 11.3 Å². The van der Waals surface area contributed by atoms with Gasteiger partial charge in [-0.3, -0.25) is 14.9 Å². The Labute approximate surface area is 189 Å². The number of nitrogens with one attached hydrogen (secondary N) is 1. The number of halogens is 1. The highest BCUT2D eigenvalue weighted by Gasteiger charge is 2.24. The molecule has 0 fully saturated rings. The Morgan fingerprint density at radius 2 is 1.91 bits per heavy atom. The average Bonchev–Trinajstić information content (AvgIpc) is 3.27. The molecule has 0 unspecified atom stereocenters. The maximum atomic E-state index is 12.9. The fraction of sp³-hybridized carbons (Fsp3) is 0.0952. The van der Waals surface area contributed by atoms with Gasteiger partial charge in [-0.15, -0.1) is 0 Å². The summed E-state index contributed by atoms with van der Waals surface area (Å²) in [6.45, 7) is -0.721. The minimum atomic E-state index is -4.01. The Kier molecular flexibility index (Phi) is 7.41. The lowest BCUT2D eigenvalue weighted by atomic mass is 10.2. The number of carbonyl (C=O) groups excluding carboxylic acids is 1. The summed E-state index contributed by atoms with van der Waals surface area (Å²) in [4.78, 5) is 22.9. The zero-order chi connectivity index (χ0) is 23.1. The number of benzene rings is 2. The van der Waals surface area contributed by atoms with Crippen molar-refractivity contribution in [1.82, 2.24) is 4.31 Å². The Bertz CT molecular complexity index is 1230. The Morgan fingerprint density at radius 1 is 1.16 bits per heavy atom. The molecule has 0 saturated heterocycles. The number of nitro groups is 1. The number of hydrogen-bond donors (Lipinski definition) is 1. The lowest BCUT2D eigenvalue weighted by molar-refractivity contribution is -0.384. The summed E-state index contributed by atoms with van der Waals surface area (Å²) in [5, 5.41) is 14.4. The molecule has 1 aromatic heterocycles. The fourth-order valence-electron chi connectivity index (χ4n) is 2.72. The minimum Gasteiger partial charge on any atom is -0.468 e. The van der Waals surface area contributed by atoms with Gasteiger partial charge in [0, 0.05) is 17.2 Å². The lowest BCUT2D eigenvalue weighted by Gasteiger charge is -2.19. The van der Waals surface area contributed by atoms with E-state index < -0.39 is 27.4 Å². The topological polar surface area (TPSA) is 123 Å². The van der Waals surface area contributed by atoms with Crippen LogP contribution in [0.3, 0.4) is 0 Å². The maximum Gasteiger partial charge on any atom is 0.289 e. The van der Waals surface area contributed by atoms with Gasteiger partial charge < -0.3 is 9.73 Å². The third-order valence-corrected chi connectivity index (χ3v) is 6.03. The number of anilines is 1. The Hall–Kier alpha value is -3.47. The number of hydrogen-bond acceptors (Lipinski definition) is 6. The van der Waals surface area contributed by atoms with Crippen LogP contribution in [-0.4, -0.2) is 30.1 Å². The van der Waals surface area contributed by atoms with Gasteiger partial charge in [0.1, 0.15) is 10.8 Å². The van der Waals surface area contributed by atoms with Crippen LogP contribution in [0.5, 0.6) is 0 Å². The summed E-state index contributed by atoms with van der Waals surface area (Å²) < 4.78 is 32.0. The molecule has 0 atom stereocenters. The molecule has 2 aromatic carbocycles. The van der Waals surface area contributed by atoms with E-state index in [1.807, 2.05) is 0 Å². The Morgan fingerprint density at radius 3 is 2.56 bits per heavy atom. The van der Waals surface area contributed by atoms with Crippen LogP contribution < -0.4 is 5.32 Å². The summed E-state index contributed by atoms with van der Waals surface area (Å²) >= 11 is 5.78. The highest BCUT2D eigenvalue weighted by Crippen LogP contribution is 2.27. The van der Waals surface area contributed by atoms with Gasteiger partial charge in [-0.2, -0.15) is 4.31 Å². The van der Waals surface area contributed by atoms with Crippen LogP contribution >= 0.6 is 11.6 Å². The molecule has 0 aliphatic carbocycles. The molecule has 9 nitrogen and oxygen atoms in total.